The number of carbonyl (C=O) groups is 1. The number of halogens is 4. The molecule has 0 aliphatic carbocycles. The summed E-state index contributed by atoms with van der Waals surface area (Å²) < 4.78 is 50.7. The van der Waals surface area contributed by atoms with Crippen LogP contribution in [0.15, 0.2) is 53.5 Å². The van der Waals surface area contributed by atoms with Crippen LogP contribution in [-0.4, -0.2) is 25.5 Å². The van der Waals surface area contributed by atoms with Crippen molar-refractivity contribution in [2.24, 2.45) is 4.99 Å². The molecule has 0 atom stereocenters. The smallest absolute Gasteiger partial charge is 0.352 e. The molecule has 3 N–H and O–H groups in total. The Morgan fingerprint density at radius 2 is 1.78 bits per heavy atom. The zero-order valence-electron chi connectivity index (χ0n) is 14.4. The number of nitrogens with zero attached hydrogens (tertiary/aromatic N) is 1. The van der Waals surface area contributed by atoms with Gasteiger partial charge in [0.1, 0.15) is 5.82 Å². The normalized spacial score (nSPS) is 11.8. The molecular formula is C18H18F4N4O. The lowest BCUT2D eigenvalue weighted by Crippen LogP contribution is -2.41. The fourth-order valence-electron chi connectivity index (χ4n) is 2.15. The zero-order valence-corrected chi connectivity index (χ0v) is 14.4. The van der Waals surface area contributed by atoms with Crippen molar-refractivity contribution in [1.29, 1.82) is 0 Å². The molecule has 1 amide bonds. The van der Waals surface area contributed by atoms with Gasteiger partial charge in [0, 0.05) is 19.3 Å². The van der Waals surface area contributed by atoms with Crippen LogP contribution in [0.5, 0.6) is 0 Å². The molecule has 2 aromatic rings. The lowest BCUT2D eigenvalue weighted by Gasteiger charge is -2.13. The van der Waals surface area contributed by atoms with Crippen LogP contribution in [0.2, 0.25) is 0 Å². The number of amides is 1. The van der Waals surface area contributed by atoms with Crippen LogP contribution in [0.25, 0.3) is 0 Å². The topological polar surface area (TPSA) is 65.5 Å². The molecule has 144 valence electrons. The summed E-state index contributed by atoms with van der Waals surface area (Å²) in [6.07, 6.45) is -4.38. The number of aliphatic imine (C=N–C) groups is 1. The summed E-state index contributed by atoms with van der Waals surface area (Å²) in [5.74, 6) is -0.572. The van der Waals surface area contributed by atoms with Crippen molar-refractivity contribution in [3.05, 3.63) is 65.5 Å². The van der Waals surface area contributed by atoms with Gasteiger partial charge < -0.3 is 16.0 Å². The van der Waals surface area contributed by atoms with Gasteiger partial charge in [-0.1, -0.05) is 18.2 Å². The van der Waals surface area contributed by atoms with E-state index in [-0.39, 0.29) is 13.1 Å². The molecule has 0 bridgehead atoms. The van der Waals surface area contributed by atoms with Crippen LogP contribution >= 0.6 is 0 Å². The summed E-state index contributed by atoms with van der Waals surface area (Å²) in [7, 11) is 1.49. The Morgan fingerprint density at radius 1 is 1.07 bits per heavy atom. The fourth-order valence-corrected chi connectivity index (χ4v) is 2.15. The van der Waals surface area contributed by atoms with Gasteiger partial charge in [0.2, 0.25) is 5.91 Å². The minimum atomic E-state index is -4.38. The van der Waals surface area contributed by atoms with Crippen LogP contribution in [0.3, 0.4) is 0 Å². The van der Waals surface area contributed by atoms with E-state index in [2.05, 4.69) is 20.9 Å². The molecule has 0 unspecified atom stereocenters. The number of anilines is 1. The summed E-state index contributed by atoms with van der Waals surface area (Å²) in [6, 6.07) is 10.2. The number of rotatable bonds is 5. The van der Waals surface area contributed by atoms with Crippen molar-refractivity contribution < 1.29 is 22.4 Å². The minimum absolute atomic E-state index is 0.122. The van der Waals surface area contributed by atoms with E-state index in [0.717, 1.165) is 12.1 Å². The monoisotopic (exact) mass is 382 g/mol. The Morgan fingerprint density at radius 3 is 2.37 bits per heavy atom. The highest BCUT2D eigenvalue weighted by Crippen LogP contribution is 2.29. The van der Waals surface area contributed by atoms with Gasteiger partial charge in [-0.3, -0.25) is 9.79 Å². The molecule has 0 aliphatic rings. The molecule has 9 heteroatoms. The van der Waals surface area contributed by atoms with Crippen molar-refractivity contribution in [2.75, 3.05) is 18.9 Å². The third-order valence-electron chi connectivity index (χ3n) is 3.49. The second kappa shape index (κ2) is 9.02. The van der Waals surface area contributed by atoms with Crippen molar-refractivity contribution in [3.8, 4) is 0 Å². The largest absolute Gasteiger partial charge is 0.416 e. The number of nitrogens with one attached hydrogen (secondary N) is 3. The standard InChI is InChI=1S/C18H18F4N4O/c1-23-17(24-10-12-5-7-13(8-6-12)18(20,21)22)25-11-16(27)26-15-4-2-3-14(19)9-15/h2-9H,10-11H2,1H3,(H,26,27)(H2,23,24,25). The van der Waals surface area contributed by atoms with Crippen molar-refractivity contribution >= 4 is 17.6 Å². The Labute approximate surface area is 153 Å². The lowest BCUT2D eigenvalue weighted by atomic mass is 10.1. The van der Waals surface area contributed by atoms with Gasteiger partial charge in [-0.2, -0.15) is 13.2 Å². The van der Waals surface area contributed by atoms with Crippen LogP contribution in [0.4, 0.5) is 23.2 Å². The first-order valence-corrected chi connectivity index (χ1v) is 7.94. The predicted octanol–water partition coefficient (Wildman–Crippen LogP) is 3.15. The SMILES string of the molecule is CN=C(NCC(=O)Nc1cccc(F)c1)NCc1ccc(C(F)(F)F)cc1. The van der Waals surface area contributed by atoms with Crippen LogP contribution < -0.4 is 16.0 Å². The molecule has 27 heavy (non-hydrogen) atoms. The number of benzene rings is 2. The molecule has 0 heterocycles. The Bertz CT molecular complexity index is 804. The van der Waals surface area contributed by atoms with Crippen molar-refractivity contribution in [2.45, 2.75) is 12.7 Å². The lowest BCUT2D eigenvalue weighted by molar-refractivity contribution is -0.137. The first kappa shape index (κ1) is 20.2. The van der Waals surface area contributed by atoms with Gasteiger partial charge in [0.05, 0.1) is 12.1 Å². The summed E-state index contributed by atoms with van der Waals surface area (Å²) >= 11 is 0. The highest BCUT2D eigenvalue weighted by molar-refractivity contribution is 5.94. The average Bonchev–Trinajstić information content (AvgIpc) is 2.61. The number of hydrogen-bond acceptors (Lipinski definition) is 2. The maximum Gasteiger partial charge on any atom is 0.416 e. The van der Waals surface area contributed by atoms with Crippen LogP contribution in [0, 0.1) is 5.82 Å². The van der Waals surface area contributed by atoms with E-state index in [1.165, 1.54) is 37.4 Å². The first-order valence-electron chi connectivity index (χ1n) is 7.94. The maximum absolute atomic E-state index is 13.1. The molecule has 0 saturated heterocycles. The van der Waals surface area contributed by atoms with Gasteiger partial charge in [0.25, 0.3) is 0 Å². The summed E-state index contributed by atoms with van der Waals surface area (Å²) in [4.78, 5) is 15.8. The second-order valence-corrected chi connectivity index (χ2v) is 5.53. The van der Waals surface area contributed by atoms with E-state index in [0.29, 0.717) is 17.2 Å². The zero-order chi connectivity index (χ0) is 19.9. The summed E-state index contributed by atoms with van der Waals surface area (Å²) in [5, 5.41) is 8.18. The number of hydrogen-bond donors (Lipinski definition) is 3. The number of alkyl halides is 3. The third-order valence-corrected chi connectivity index (χ3v) is 3.49. The maximum atomic E-state index is 13.1. The van der Waals surface area contributed by atoms with E-state index in [9.17, 15) is 22.4 Å². The predicted molar refractivity (Wildman–Crippen MR) is 94.7 cm³/mol. The molecule has 0 aromatic heterocycles. The number of carbonyl (C=O) groups excluding carboxylic acids is 1. The molecule has 0 saturated carbocycles. The molecule has 5 nitrogen and oxygen atoms in total. The van der Waals surface area contributed by atoms with E-state index in [1.807, 2.05) is 0 Å². The average molecular weight is 382 g/mol. The Hall–Kier alpha value is -3.10. The van der Waals surface area contributed by atoms with E-state index in [1.54, 1.807) is 6.07 Å². The quantitative estimate of drug-likeness (QED) is 0.423. The fraction of sp³-hybridized carbons (Fsp3) is 0.222. The van der Waals surface area contributed by atoms with Gasteiger partial charge in [0.15, 0.2) is 5.96 Å². The third kappa shape index (κ3) is 6.61. The molecule has 0 spiro atoms. The summed E-state index contributed by atoms with van der Waals surface area (Å²) in [5.41, 5.74) is 0.229. The molecule has 2 rings (SSSR count). The van der Waals surface area contributed by atoms with Gasteiger partial charge >= 0.3 is 6.18 Å². The Balaban J connectivity index is 1.81. The number of guanidine groups is 1. The summed E-state index contributed by atoms with van der Waals surface area (Å²) in [6.45, 7) is 0.104. The van der Waals surface area contributed by atoms with E-state index in [4.69, 9.17) is 0 Å². The first-order chi connectivity index (χ1) is 12.8. The van der Waals surface area contributed by atoms with Crippen molar-refractivity contribution in [3.63, 3.8) is 0 Å². The highest BCUT2D eigenvalue weighted by atomic mass is 19.4. The van der Waals surface area contributed by atoms with Gasteiger partial charge in [-0.25, -0.2) is 4.39 Å². The molecule has 0 fully saturated rings. The van der Waals surface area contributed by atoms with E-state index < -0.39 is 23.5 Å². The van der Waals surface area contributed by atoms with Gasteiger partial charge in [-0.05, 0) is 35.9 Å². The van der Waals surface area contributed by atoms with Crippen LogP contribution in [0.1, 0.15) is 11.1 Å². The van der Waals surface area contributed by atoms with Gasteiger partial charge in [-0.15, -0.1) is 0 Å². The van der Waals surface area contributed by atoms with E-state index >= 15 is 0 Å². The van der Waals surface area contributed by atoms with Crippen LogP contribution in [-0.2, 0) is 17.5 Å². The molecule has 0 radical (unpaired) electrons. The second-order valence-electron chi connectivity index (χ2n) is 5.53. The molecule has 2 aromatic carbocycles. The molecule has 0 aliphatic heterocycles. The van der Waals surface area contributed by atoms with Crippen molar-refractivity contribution in [1.82, 2.24) is 10.6 Å². The Kier molecular flexibility index (Phi) is 6.75. The molecular weight excluding hydrogens is 364 g/mol. The highest BCUT2D eigenvalue weighted by Gasteiger charge is 2.29. The minimum Gasteiger partial charge on any atom is -0.352 e.